The van der Waals surface area contributed by atoms with Crippen LogP contribution in [-0.2, 0) is 14.3 Å². The average Bonchev–Trinajstić information content (AvgIpc) is 3.45. The summed E-state index contributed by atoms with van der Waals surface area (Å²) in [6.07, 6.45) is 1.67. The van der Waals surface area contributed by atoms with Gasteiger partial charge in [-0.15, -0.1) is 0 Å². The first-order chi connectivity index (χ1) is 17.1. The van der Waals surface area contributed by atoms with Gasteiger partial charge < -0.3 is 25.4 Å². The van der Waals surface area contributed by atoms with Crippen LogP contribution < -0.4 is 26.8 Å². The smallest absolute Gasteiger partial charge is 0.426 e. The van der Waals surface area contributed by atoms with Crippen LogP contribution >= 0.6 is 0 Å². The molecule has 37 heavy (non-hydrogen) atoms. The first kappa shape index (κ1) is 28.5. The number of nitrogens with two attached hydrogens (primary N) is 1. The molecule has 2 amide bonds. The number of hydrogen-bond donors (Lipinski definition) is 4. The molecule has 2 unspecified atom stereocenters. The van der Waals surface area contributed by atoms with Gasteiger partial charge in [0, 0.05) is 25.0 Å². The van der Waals surface area contributed by atoms with Gasteiger partial charge in [0.25, 0.3) is 5.91 Å². The minimum Gasteiger partial charge on any atom is -0.459 e. The lowest BCUT2D eigenvalue weighted by molar-refractivity contribution is -0.157. The Balaban J connectivity index is 1.79. The lowest BCUT2D eigenvalue weighted by Gasteiger charge is -2.27. The fourth-order valence-corrected chi connectivity index (χ4v) is 4.28. The van der Waals surface area contributed by atoms with Crippen LogP contribution in [-0.4, -0.2) is 54.3 Å². The lowest BCUT2D eigenvalue weighted by atomic mass is 9.99. The van der Waals surface area contributed by atoms with Gasteiger partial charge in [-0.25, -0.2) is 14.6 Å². The van der Waals surface area contributed by atoms with Crippen molar-refractivity contribution in [1.82, 2.24) is 10.9 Å². The maximum absolute atomic E-state index is 15.5. The molecule has 3 rings (SSSR count). The molecule has 1 heterocycles. The standard InChI is InChI=1S/C26H40FN5O5/c1-14-20(29-16-8-9-16)17(22(33)30-31-24(35)37-26(5,6)7)12-18(27)21(14)32-11-10-15(13-32)19(28)23(34)36-25(2,3)4/h12,15-16,19,29H,8-11,13,28H2,1-7H3,(H,30,33)(H,31,35). The SMILES string of the molecule is Cc1c(NC2CC2)c(C(=O)NNC(=O)OC(C)(C)C)cc(F)c1N1CCC(C(N)C(=O)OC(C)(C)C)C1. The third kappa shape index (κ3) is 7.70. The molecule has 1 saturated carbocycles. The molecule has 11 heteroatoms. The number of halogens is 1. The van der Waals surface area contributed by atoms with Gasteiger partial charge in [-0.05, 0) is 79.4 Å². The third-order valence-corrected chi connectivity index (χ3v) is 6.07. The van der Waals surface area contributed by atoms with E-state index in [-0.39, 0.29) is 17.5 Å². The van der Waals surface area contributed by atoms with E-state index in [0.717, 1.165) is 12.8 Å². The van der Waals surface area contributed by atoms with Gasteiger partial charge in [-0.1, -0.05) is 0 Å². The highest BCUT2D eigenvalue weighted by Crippen LogP contribution is 2.38. The predicted molar refractivity (Wildman–Crippen MR) is 139 cm³/mol. The predicted octanol–water partition coefficient (Wildman–Crippen LogP) is 3.37. The molecule has 1 saturated heterocycles. The van der Waals surface area contributed by atoms with Crippen LogP contribution in [0.25, 0.3) is 0 Å². The molecule has 206 valence electrons. The van der Waals surface area contributed by atoms with Crippen molar-refractivity contribution in [2.24, 2.45) is 11.7 Å². The summed E-state index contributed by atoms with van der Waals surface area (Å²) >= 11 is 0. The second kappa shape index (κ2) is 10.7. The molecule has 2 atom stereocenters. The molecule has 0 spiro atoms. The summed E-state index contributed by atoms with van der Waals surface area (Å²) < 4.78 is 26.1. The van der Waals surface area contributed by atoms with Gasteiger partial charge in [0.15, 0.2) is 0 Å². The number of carbonyl (C=O) groups excluding carboxylic acids is 3. The van der Waals surface area contributed by atoms with Crippen molar-refractivity contribution in [2.75, 3.05) is 23.3 Å². The molecule has 10 nitrogen and oxygen atoms in total. The molecule has 1 aromatic carbocycles. The summed E-state index contributed by atoms with van der Waals surface area (Å²) in [4.78, 5) is 39.2. The zero-order valence-electron chi connectivity index (χ0n) is 22.8. The normalized spacial score (nSPS) is 18.7. The average molecular weight is 522 g/mol. The first-order valence-electron chi connectivity index (χ1n) is 12.7. The molecule has 1 aliphatic heterocycles. The Morgan fingerprint density at radius 2 is 1.68 bits per heavy atom. The maximum Gasteiger partial charge on any atom is 0.426 e. The van der Waals surface area contributed by atoms with Crippen LogP contribution in [0.15, 0.2) is 6.07 Å². The number of amides is 2. The molecule has 0 radical (unpaired) electrons. The van der Waals surface area contributed by atoms with E-state index in [1.165, 1.54) is 6.07 Å². The number of carbonyl (C=O) groups is 3. The Hall–Kier alpha value is -3.08. The number of nitrogens with one attached hydrogen (secondary N) is 3. The van der Waals surface area contributed by atoms with Crippen molar-refractivity contribution < 1.29 is 28.2 Å². The molecule has 1 aromatic rings. The van der Waals surface area contributed by atoms with Crippen LogP contribution in [0.2, 0.25) is 0 Å². The Labute approximate surface area is 217 Å². The number of nitrogens with zero attached hydrogens (tertiary/aromatic N) is 1. The highest BCUT2D eigenvalue weighted by molar-refractivity contribution is 6.02. The Bertz CT molecular complexity index is 1050. The summed E-state index contributed by atoms with van der Waals surface area (Å²) in [5.74, 6) is -1.92. The van der Waals surface area contributed by atoms with E-state index in [9.17, 15) is 14.4 Å². The van der Waals surface area contributed by atoms with Crippen LogP contribution in [0.1, 0.15) is 76.7 Å². The molecule has 0 bridgehead atoms. The van der Waals surface area contributed by atoms with Gasteiger partial charge in [0.05, 0.1) is 16.9 Å². The van der Waals surface area contributed by atoms with Crippen molar-refractivity contribution in [1.29, 1.82) is 0 Å². The molecular weight excluding hydrogens is 481 g/mol. The lowest BCUT2D eigenvalue weighted by Crippen LogP contribution is -2.44. The van der Waals surface area contributed by atoms with Crippen molar-refractivity contribution in [2.45, 2.75) is 91.0 Å². The second-order valence-corrected chi connectivity index (χ2v) is 11.8. The van der Waals surface area contributed by atoms with Crippen LogP contribution in [0.3, 0.4) is 0 Å². The molecule has 5 N–H and O–H groups in total. The van der Waals surface area contributed by atoms with Gasteiger partial charge in [-0.2, -0.15) is 0 Å². The van der Waals surface area contributed by atoms with Crippen LogP contribution in [0, 0.1) is 18.7 Å². The van der Waals surface area contributed by atoms with E-state index in [1.807, 2.05) is 4.90 Å². The molecular formula is C26H40FN5O5. The number of esters is 1. The molecule has 0 aromatic heterocycles. The minimum absolute atomic E-state index is 0.0721. The Morgan fingerprint density at radius 1 is 1.05 bits per heavy atom. The number of anilines is 2. The third-order valence-electron chi connectivity index (χ3n) is 6.07. The van der Waals surface area contributed by atoms with E-state index in [0.29, 0.717) is 36.4 Å². The monoisotopic (exact) mass is 521 g/mol. The van der Waals surface area contributed by atoms with E-state index < -0.39 is 41.0 Å². The quantitative estimate of drug-likeness (QED) is 0.331. The number of hydrogen-bond acceptors (Lipinski definition) is 8. The molecule has 1 aliphatic carbocycles. The summed E-state index contributed by atoms with van der Waals surface area (Å²) in [6, 6.07) is 0.537. The largest absolute Gasteiger partial charge is 0.459 e. The topological polar surface area (TPSA) is 135 Å². The maximum atomic E-state index is 15.5. The number of rotatable bonds is 6. The van der Waals surface area contributed by atoms with Crippen molar-refractivity contribution in [3.8, 4) is 0 Å². The Morgan fingerprint density at radius 3 is 2.24 bits per heavy atom. The van der Waals surface area contributed by atoms with Crippen molar-refractivity contribution in [3.05, 3.63) is 23.0 Å². The van der Waals surface area contributed by atoms with Gasteiger partial charge in [0.2, 0.25) is 0 Å². The summed E-state index contributed by atoms with van der Waals surface area (Å²) in [5, 5.41) is 3.33. The van der Waals surface area contributed by atoms with E-state index in [1.54, 1.807) is 48.5 Å². The fourth-order valence-electron chi connectivity index (χ4n) is 4.28. The second-order valence-electron chi connectivity index (χ2n) is 11.8. The zero-order valence-corrected chi connectivity index (χ0v) is 22.8. The van der Waals surface area contributed by atoms with Gasteiger partial charge >= 0.3 is 12.1 Å². The fraction of sp³-hybridized carbons (Fsp3) is 0.654. The highest BCUT2D eigenvalue weighted by Gasteiger charge is 2.36. The van der Waals surface area contributed by atoms with E-state index in [2.05, 4.69) is 16.2 Å². The first-order valence-corrected chi connectivity index (χ1v) is 12.7. The highest BCUT2D eigenvalue weighted by atomic mass is 19.1. The van der Waals surface area contributed by atoms with Crippen molar-refractivity contribution in [3.63, 3.8) is 0 Å². The molecule has 2 fully saturated rings. The van der Waals surface area contributed by atoms with Gasteiger partial charge in [0.1, 0.15) is 23.1 Å². The Kier molecular flexibility index (Phi) is 8.26. The van der Waals surface area contributed by atoms with Crippen LogP contribution in [0.5, 0.6) is 0 Å². The summed E-state index contributed by atoms with van der Waals surface area (Å²) in [7, 11) is 0. The minimum atomic E-state index is -0.823. The summed E-state index contributed by atoms with van der Waals surface area (Å²) in [5.41, 5.74) is 10.8. The van der Waals surface area contributed by atoms with E-state index >= 15 is 4.39 Å². The van der Waals surface area contributed by atoms with Crippen LogP contribution in [0.4, 0.5) is 20.6 Å². The number of hydrazine groups is 1. The zero-order chi connectivity index (χ0) is 27.7. The van der Waals surface area contributed by atoms with Gasteiger partial charge in [-0.3, -0.25) is 15.0 Å². The number of benzene rings is 1. The van der Waals surface area contributed by atoms with Crippen molar-refractivity contribution >= 4 is 29.3 Å². The summed E-state index contributed by atoms with van der Waals surface area (Å²) in [6.45, 7) is 13.1. The van der Waals surface area contributed by atoms with E-state index in [4.69, 9.17) is 15.2 Å². The number of ether oxygens (including phenoxy) is 2. The molecule has 2 aliphatic rings.